The van der Waals surface area contributed by atoms with E-state index >= 15 is 0 Å². The molecule has 0 aliphatic carbocycles. The van der Waals surface area contributed by atoms with Crippen LogP contribution in [0.5, 0.6) is 11.5 Å². The van der Waals surface area contributed by atoms with Gasteiger partial charge in [-0.3, -0.25) is 4.90 Å². The lowest BCUT2D eigenvalue weighted by Gasteiger charge is -2.18. The van der Waals surface area contributed by atoms with Gasteiger partial charge in [0.2, 0.25) is 0 Å². The molecule has 0 spiro atoms. The van der Waals surface area contributed by atoms with Gasteiger partial charge in [-0.2, -0.15) is 0 Å². The fraction of sp³-hybridized carbons (Fsp3) is 0.286. The van der Waals surface area contributed by atoms with Crippen LogP contribution in [-0.4, -0.2) is 30.2 Å². The van der Waals surface area contributed by atoms with Gasteiger partial charge in [0.05, 0.1) is 0 Å². The van der Waals surface area contributed by atoms with Crippen molar-refractivity contribution >= 4 is 11.0 Å². The van der Waals surface area contributed by atoms with Crippen molar-refractivity contribution in [3.05, 3.63) is 69.6 Å². The number of benzene rings is 2. The average Bonchev–Trinajstić information content (AvgIpc) is 2.53. The molecule has 3 rings (SSSR count). The number of aromatic hydroxyl groups is 1. The molecule has 26 heavy (non-hydrogen) atoms. The number of hydrogen-bond donors (Lipinski definition) is 1. The molecule has 5 nitrogen and oxygen atoms in total. The summed E-state index contributed by atoms with van der Waals surface area (Å²) in [4.78, 5) is 13.9. The number of phenolic OH excluding ortho intramolecular Hbond substituents is 1. The van der Waals surface area contributed by atoms with Crippen LogP contribution in [-0.2, 0) is 6.54 Å². The van der Waals surface area contributed by atoms with E-state index < -0.39 is 5.63 Å². The van der Waals surface area contributed by atoms with E-state index in [2.05, 4.69) is 24.8 Å². The van der Waals surface area contributed by atoms with Gasteiger partial charge in [-0.25, -0.2) is 4.79 Å². The number of nitrogens with zero attached hydrogens (tertiary/aromatic N) is 1. The van der Waals surface area contributed by atoms with Crippen LogP contribution >= 0.6 is 0 Å². The second-order valence-corrected chi connectivity index (χ2v) is 6.68. The molecule has 0 aliphatic heterocycles. The van der Waals surface area contributed by atoms with Gasteiger partial charge >= 0.3 is 5.63 Å². The van der Waals surface area contributed by atoms with E-state index in [1.165, 1.54) is 23.3 Å². The summed E-state index contributed by atoms with van der Waals surface area (Å²) in [5.41, 5.74) is 3.20. The third-order valence-corrected chi connectivity index (χ3v) is 4.19. The summed E-state index contributed by atoms with van der Waals surface area (Å²) in [5.74, 6) is 0.949. The summed E-state index contributed by atoms with van der Waals surface area (Å²) in [7, 11) is 1.98. The number of likely N-dealkylation sites (N-methyl/N-ethyl adjacent to an activating group) is 1. The van der Waals surface area contributed by atoms with Gasteiger partial charge in [-0.1, -0.05) is 6.07 Å². The molecule has 0 radical (unpaired) electrons. The van der Waals surface area contributed by atoms with Gasteiger partial charge in [0, 0.05) is 30.6 Å². The SMILES string of the molecule is Cc1cc(C)cc(OCCN(C)Cc2cc(=O)oc3cc(O)ccc23)c1. The number of fused-ring (bicyclic) bond motifs is 1. The van der Waals surface area contributed by atoms with Gasteiger partial charge in [0.1, 0.15) is 23.7 Å². The average molecular weight is 353 g/mol. The Labute approximate surface area is 152 Å². The van der Waals surface area contributed by atoms with Gasteiger partial charge in [0.25, 0.3) is 0 Å². The van der Waals surface area contributed by atoms with Crippen molar-refractivity contribution in [3.8, 4) is 11.5 Å². The molecule has 0 saturated carbocycles. The largest absolute Gasteiger partial charge is 0.508 e. The topological polar surface area (TPSA) is 62.9 Å². The highest BCUT2D eigenvalue weighted by Gasteiger charge is 2.09. The van der Waals surface area contributed by atoms with Crippen LogP contribution in [0.15, 0.2) is 51.7 Å². The first-order chi connectivity index (χ1) is 12.4. The fourth-order valence-corrected chi connectivity index (χ4v) is 3.05. The van der Waals surface area contributed by atoms with Crippen molar-refractivity contribution in [1.82, 2.24) is 4.90 Å². The Balaban J connectivity index is 1.65. The highest BCUT2D eigenvalue weighted by molar-refractivity contribution is 5.81. The standard InChI is InChI=1S/C21H23NO4/c1-14-8-15(2)10-18(9-14)25-7-6-22(3)13-16-11-21(24)26-20-12-17(23)4-5-19(16)20/h4-5,8-12,23H,6-7,13H2,1-3H3. The maximum absolute atomic E-state index is 11.8. The Morgan fingerprint density at radius 1 is 1.08 bits per heavy atom. The maximum Gasteiger partial charge on any atom is 0.336 e. The van der Waals surface area contributed by atoms with Crippen molar-refractivity contribution in [3.63, 3.8) is 0 Å². The summed E-state index contributed by atoms with van der Waals surface area (Å²) in [6, 6.07) is 12.5. The Morgan fingerprint density at radius 2 is 1.81 bits per heavy atom. The Kier molecular flexibility index (Phi) is 5.28. The molecule has 2 aromatic carbocycles. The van der Waals surface area contributed by atoms with Crippen LogP contribution in [0.25, 0.3) is 11.0 Å². The Morgan fingerprint density at radius 3 is 2.54 bits per heavy atom. The zero-order valence-electron chi connectivity index (χ0n) is 15.3. The summed E-state index contributed by atoms with van der Waals surface area (Å²) in [6.07, 6.45) is 0. The molecule has 0 bridgehead atoms. The molecule has 136 valence electrons. The molecular weight excluding hydrogens is 330 g/mol. The number of hydrogen-bond acceptors (Lipinski definition) is 5. The lowest BCUT2D eigenvalue weighted by atomic mass is 10.1. The van der Waals surface area contributed by atoms with Gasteiger partial charge in [-0.05, 0) is 61.9 Å². The van der Waals surface area contributed by atoms with Crippen molar-refractivity contribution in [2.75, 3.05) is 20.2 Å². The Hall–Kier alpha value is -2.79. The van der Waals surface area contributed by atoms with E-state index in [4.69, 9.17) is 9.15 Å². The maximum atomic E-state index is 11.8. The van der Waals surface area contributed by atoms with Crippen LogP contribution in [0.1, 0.15) is 16.7 Å². The Bertz CT molecular complexity index is 957. The third kappa shape index (κ3) is 4.43. The van der Waals surface area contributed by atoms with E-state index in [9.17, 15) is 9.90 Å². The highest BCUT2D eigenvalue weighted by Crippen LogP contribution is 2.22. The normalized spacial score (nSPS) is 11.2. The lowest BCUT2D eigenvalue weighted by Crippen LogP contribution is -2.24. The first kappa shape index (κ1) is 18.0. The molecule has 0 atom stereocenters. The molecule has 0 unspecified atom stereocenters. The quantitative estimate of drug-likeness (QED) is 0.686. The van der Waals surface area contributed by atoms with Crippen molar-refractivity contribution < 1.29 is 14.3 Å². The van der Waals surface area contributed by atoms with Crippen LogP contribution < -0.4 is 10.4 Å². The minimum absolute atomic E-state index is 0.0769. The molecule has 0 aliphatic rings. The van der Waals surface area contributed by atoms with Gasteiger partial charge in [-0.15, -0.1) is 0 Å². The number of rotatable bonds is 6. The van der Waals surface area contributed by atoms with Crippen molar-refractivity contribution in [1.29, 1.82) is 0 Å². The number of ether oxygens (including phenoxy) is 1. The van der Waals surface area contributed by atoms with Crippen LogP contribution in [0.2, 0.25) is 0 Å². The summed E-state index contributed by atoms with van der Waals surface area (Å²) in [5, 5.41) is 10.4. The smallest absolute Gasteiger partial charge is 0.336 e. The van der Waals surface area contributed by atoms with Gasteiger partial charge in [0.15, 0.2) is 0 Å². The summed E-state index contributed by atoms with van der Waals surface area (Å²) in [6.45, 7) is 5.96. The number of phenols is 1. The van der Waals surface area contributed by atoms with E-state index in [1.54, 1.807) is 12.1 Å². The fourth-order valence-electron chi connectivity index (χ4n) is 3.05. The zero-order valence-corrected chi connectivity index (χ0v) is 15.3. The zero-order chi connectivity index (χ0) is 18.7. The lowest BCUT2D eigenvalue weighted by molar-refractivity contribution is 0.233. The molecule has 1 heterocycles. The third-order valence-electron chi connectivity index (χ3n) is 4.19. The molecule has 1 N–H and O–H groups in total. The summed E-state index contributed by atoms with van der Waals surface area (Å²) >= 11 is 0. The van der Waals surface area contributed by atoms with Crippen LogP contribution in [0.4, 0.5) is 0 Å². The van der Waals surface area contributed by atoms with Crippen molar-refractivity contribution in [2.24, 2.45) is 0 Å². The first-order valence-electron chi connectivity index (χ1n) is 8.56. The monoisotopic (exact) mass is 353 g/mol. The molecule has 0 saturated heterocycles. The molecule has 0 amide bonds. The van der Waals surface area contributed by atoms with E-state index in [0.717, 1.165) is 16.7 Å². The van der Waals surface area contributed by atoms with Gasteiger partial charge < -0.3 is 14.3 Å². The number of aryl methyl sites for hydroxylation is 2. The first-order valence-corrected chi connectivity index (χ1v) is 8.56. The minimum atomic E-state index is -0.419. The molecule has 5 heteroatoms. The molecule has 0 fully saturated rings. The van der Waals surface area contributed by atoms with Crippen molar-refractivity contribution in [2.45, 2.75) is 20.4 Å². The highest BCUT2D eigenvalue weighted by atomic mass is 16.5. The van der Waals surface area contributed by atoms with E-state index in [0.29, 0.717) is 25.3 Å². The molecule has 3 aromatic rings. The summed E-state index contributed by atoms with van der Waals surface area (Å²) < 4.78 is 11.0. The predicted octanol–water partition coefficient (Wildman–Crippen LogP) is 3.63. The van der Waals surface area contributed by atoms with E-state index in [-0.39, 0.29) is 5.75 Å². The van der Waals surface area contributed by atoms with E-state index in [1.807, 2.05) is 19.2 Å². The molecular formula is C21H23NO4. The second-order valence-electron chi connectivity index (χ2n) is 6.68. The van der Waals surface area contributed by atoms with Crippen LogP contribution in [0, 0.1) is 13.8 Å². The predicted molar refractivity (Wildman–Crippen MR) is 102 cm³/mol. The molecule has 1 aromatic heterocycles. The minimum Gasteiger partial charge on any atom is -0.508 e. The second kappa shape index (κ2) is 7.62. The van der Waals surface area contributed by atoms with Crippen LogP contribution in [0.3, 0.4) is 0 Å².